The molecule has 1 saturated heterocycles. The molecule has 1 aliphatic rings. The van der Waals surface area contributed by atoms with Gasteiger partial charge in [-0.05, 0) is 36.5 Å². The van der Waals surface area contributed by atoms with Crippen LogP contribution in [-0.2, 0) is 13.0 Å². The maximum atomic E-state index is 15.0. The van der Waals surface area contributed by atoms with Crippen LogP contribution in [0, 0.1) is 17.0 Å². The normalized spacial score (nSPS) is 15.2. The third-order valence-corrected chi connectivity index (χ3v) is 6.38. The minimum Gasteiger partial charge on any atom is -0.369 e. The maximum Gasteiger partial charge on any atom is 0.266 e. The number of hydrogen-bond donors (Lipinski definition) is 1. The predicted octanol–water partition coefficient (Wildman–Crippen LogP) is 6.32. The molecule has 0 bridgehead atoms. The lowest BCUT2D eigenvalue weighted by Crippen LogP contribution is -2.23. The van der Waals surface area contributed by atoms with E-state index in [1.54, 1.807) is 11.8 Å². The Morgan fingerprint density at radius 2 is 1.88 bits per heavy atom. The van der Waals surface area contributed by atoms with Gasteiger partial charge < -0.3 is 15.2 Å². The molecule has 0 saturated carbocycles. The van der Waals surface area contributed by atoms with Crippen LogP contribution < -0.4 is 5.73 Å². The van der Waals surface area contributed by atoms with Crippen molar-refractivity contribution in [1.82, 2.24) is 29.0 Å². The molecule has 0 atom stereocenters. The third kappa shape index (κ3) is 6.34. The van der Waals surface area contributed by atoms with Crippen LogP contribution in [0.4, 0.5) is 32.3 Å². The molecular weight excluding hydrogens is 536 g/mol. The Balaban J connectivity index is 0.000000312. The molecule has 1 aromatic carbocycles. The van der Waals surface area contributed by atoms with Gasteiger partial charge in [0.05, 0.1) is 42.3 Å². The SMILES string of the molecule is C=C(C)N1CCC(F)(F)C1.CC(C)(C)Cc1nc(N)nn2cc(F)c(-c3cc(F)c4ncn(CC(F)F)c4c3)c12. The topological polar surface area (TPSA) is 77.3 Å². The van der Waals surface area contributed by atoms with Crippen LogP contribution in [-0.4, -0.2) is 54.5 Å². The quantitative estimate of drug-likeness (QED) is 0.286. The van der Waals surface area contributed by atoms with Crippen LogP contribution in [0.25, 0.3) is 27.7 Å². The van der Waals surface area contributed by atoms with E-state index in [2.05, 4.69) is 21.6 Å². The molecule has 7 nitrogen and oxygen atoms in total. The Morgan fingerprint density at radius 1 is 1.18 bits per heavy atom. The molecule has 2 N–H and O–H groups in total. The highest BCUT2D eigenvalue weighted by molar-refractivity contribution is 5.89. The van der Waals surface area contributed by atoms with Crippen LogP contribution in [0.2, 0.25) is 0 Å². The Kier molecular flexibility index (Phi) is 7.79. The molecule has 1 fully saturated rings. The van der Waals surface area contributed by atoms with Crippen LogP contribution >= 0.6 is 0 Å². The fourth-order valence-corrected chi connectivity index (χ4v) is 4.66. The molecule has 3 aromatic heterocycles. The zero-order valence-electron chi connectivity index (χ0n) is 22.7. The first-order valence-corrected chi connectivity index (χ1v) is 12.6. The van der Waals surface area contributed by atoms with E-state index in [4.69, 9.17) is 5.73 Å². The number of likely N-dealkylation sites (tertiary alicyclic amines) is 1. The van der Waals surface area contributed by atoms with E-state index in [0.29, 0.717) is 24.2 Å². The molecule has 0 radical (unpaired) electrons. The van der Waals surface area contributed by atoms with E-state index < -0.39 is 30.5 Å². The standard InChI is InChI=1S/C20H20F4N6.C7H11F2N/c1-20(2,3)6-13-18-16(12(22)7-30(18)28-19(25)27-13)10-4-11(21)17-14(5-10)29(9-26-17)8-15(23)24;1-6(2)10-4-3-7(8,9)5-10/h4-5,7,9,15H,6,8H2,1-3H3,(H2,25,28);1,3-5H2,2H3. The maximum absolute atomic E-state index is 15.0. The van der Waals surface area contributed by atoms with Gasteiger partial charge in [0.15, 0.2) is 11.6 Å². The van der Waals surface area contributed by atoms with E-state index in [1.807, 2.05) is 20.8 Å². The van der Waals surface area contributed by atoms with Crippen molar-refractivity contribution in [3.8, 4) is 11.1 Å². The van der Waals surface area contributed by atoms with Gasteiger partial charge in [0.2, 0.25) is 5.95 Å². The van der Waals surface area contributed by atoms with Crippen molar-refractivity contribution in [3.63, 3.8) is 0 Å². The van der Waals surface area contributed by atoms with Gasteiger partial charge in [-0.2, -0.15) is 0 Å². The van der Waals surface area contributed by atoms with Crippen molar-refractivity contribution in [1.29, 1.82) is 0 Å². The van der Waals surface area contributed by atoms with Crippen molar-refractivity contribution in [2.45, 2.75) is 59.4 Å². The van der Waals surface area contributed by atoms with Crippen molar-refractivity contribution < 1.29 is 26.3 Å². The summed E-state index contributed by atoms with van der Waals surface area (Å²) in [5.74, 6) is -3.88. The van der Waals surface area contributed by atoms with Gasteiger partial charge in [-0.1, -0.05) is 27.4 Å². The Bertz CT molecular complexity index is 1550. The lowest BCUT2D eigenvalue weighted by Gasteiger charge is -2.18. The number of fused-ring (bicyclic) bond motifs is 2. The molecule has 4 aromatic rings. The highest BCUT2D eigenvalue weighted by Gasteiger charge is 2.37. The predicted molar refractivity (Wildman–Crippen MR) is 141 cm³/mol. The number of nitrogens with two attached hydrogens (primary N) is 1. The van der Waals surface area contributed by atoms with Crippen LogP contribution in [0.5, 0.6) is 0 Å². The molecule has 0 unspecified atom stereocenters. The summed E-state index contributed by atoms with van der Waals surface area (Å²) >= 11 is 0. The molecule has 0 aliphatic carbocycles. The third-order valence-electron chi connectivity index (χ3n) is 6.38. The van der Waals surface area contributed by atoms with Gasteiger partial charge in [-0.15, -0.1) is 5.10 Å². The van der Waals surface area contributed by atoms with Gasteiger partial charge in [-0.3, -0.25) is 0 Å². The van der Waals surface area contributed by atoms with Crippen LogP contribution in [0.1, 0.15) is 39.8 Å². The minimum atomic E-state index is -2.64. The van der Waals surface area contributed by atoms with Gasteiger partial charge in [0.25, 0.3) is 12.3 Å². The van der Waals surface area contributed by atoms with Crippen molar-refractivity contribution >= 4 is 22.5 Å². The van der Waals surface area contributed by atoms with Gasteiger partial charge >= 0.3 is 0 Å². The van der Waals surface area contributed by atoms with E-state index in [0.717, 1.165) is 28.9 Å². The number of alkyl halides is 4. The van der Waals surface area contributed by atoms with Gasteiger partial charge in [-0.25, -0.2) is 40.8 Å². The first-order chi connectivity index (χ1) is 18.5. The van der Waals surface area contributed by atoms with Gasteiger partial charge in [0.1, 0.15) is 5.52 Å². The summed E-state index contributed by atoms with van der Waals surface area (Å²) in [6.45, 7) is 11.0. The number of nitrogens with zero attached hydrogens (tertiary/aromatic N) is 6. The molecule has 0 spiro atoms. The number of halogens is 6. The Morgan fingerprint density at radius 3 is 2.42 bits per heavy atom. The zero-order valence-corrected chi connectivity index (χ0v) is 22.7. The summed E-state index contributed by atoms with van der Waals surface area (Å²) in [5.41, 5.74) is 7.55. The Labute approximate surface area is 227 Å². The summed E-state index contributed by atoms with van der Waals surface area (Å²) < 4.78 is 82.9. The van der Waals surface area contributed by atoms with Crippen molar-refractivity contribution in [2.75, 3.05) is 18.8 Å². The summed E-state index contributed by atoms with van der Waals surface area (Å²) in [5, 5.41) is 4.04. The number of benzene rings is 1. The molecule has 4 heterocycles. The average Bonchev–Trinajstić information content (AvgIpc) is 3.47. The molecule has 13 heteroatoms. The van der Waals surface area contributed by atoms with Crippen molar-refractivity contribution in [2.24, 2.45) is 5.41 Å². The van der Waals surface area contributed by atoms with E-state index >= 15 is 4.39 Å². The van der Waals surface area contributed by atoms with Crippen molar-refractivity contribution in [3.05, 3.63) is 54.3 Å². The van der Waals surface area contributed by atoms with Gasteiger partial charge in [0, 0.05) is 24.2 Å². The van der Waals surface area contributed by atoms with Crippen LogP contribution in [0.3, 0.4) is 0 Å². The molecule has 5 rings (SSSR count). The smallest absolute Gasteiger partial charge is 0.266 e. The summed E-state index contributed by atoms with van der Waals surface area (Å²) in [4.78, 5) is 9.77. The monoisotopic (exact) mass is 567 g/mol. The molecule has 1 aliphatic heterocycles. The molecule has 40 heavy (non-hydrogen) atoms. The fourth-order valence-electron chi connectivity index (χ4n) is 4.66. The lowest BCUT2D eigenvalue weighted by molar-refractivity contribution is 0.0152. The fraction of sp³-hybridized carbons (Fsp3) is 0.444. The highest BCUT2D eigenvalue weighted by atomic mass is 19.3. The summed E-state index contributed by atoms with van der Waals surface area (Å²) in [7, 11) is 0. The summed E-state index contributed by atoms with van der Waals surface area (Å²) in [6, 6.07) is 2.58. The number of anilines is 1. The second kappa shape index (κ2) is 10.7. The highest BCUT2D eigenvalue weighted by Crippen LogP contribution is 2.35. The van der Waals surface area contributed by atoms with Crippen LogP contribution in [0.15, 0.2) is 36.9 Å². The second-order valence-electron chi connectivity index (χ2n) is 11.2. The summed E-state index contributed by atoms with van der Waals surface area (Å²) in [6.07, 6.45) is 0.0872. The largest absolute Gasteiger partial charge is 0.369 e. The zero-order chi connectivity index (χ0) is 29.6. The van der Waals surface area contributed by atoms with E-state index in [1.165, 1.54) is 10.6 Å². The minimum absolute atomic E-state index is 0.0139. The Hall–Kier alpha value is -3.77. The molecular formula is C27H31F6N7. The van der Waals surface area contributed by atoms with E-state index in [9.17, 15) is 22.0 Å². The molecule has 0 amide bonds. The number of allylic oxidation sites excluding steroid dienone is 1. The average molecular weight is 568 g/mol. The first kappa shape index (κ1) is 29.2. The molecule has 216 valence electrons. The lowest BCUT2D eigenvalue weighted by atomic mass is 9.89. The number of aromatic nitrogens is 5. The van der Waals surface area contributed by atoms with E-state index in [-0.39, 0.29) is 46.5 Å². The number of nitrogen functional groups attached to an aromatic ring is 1. The first-order valence-electron chi connectivity index (χ1n) is 12.6. The number of hydrogen-bond acceptors (Lipinski definition) is 5. The number of rotatable bonds is 5. The number of imidazole rings is 1. The second-order valence-corrected chi connectivity index (χ2v) is 11.2.